The average Bonchev–Trinajstić information content (AvgIpc) is 3.33. The molecule has 1 spiro atoms. The molecular formula is C19H31N3O2. The molecule has 5 heteroatoms. The molecule has 0 unspecified atom stereocenters. The minimum atomic E-state index is 0.452. The van der Waals surface area contributed by atoms with Gasteiger partial charge in [0.2, 0.25) is 0 Å². The molecule has 24 heavy (non-hydrogen) atoms. The van der Waals surface area contributed by atoms with Crippen molar-refractivity contribution in [2.45, 2.75) is 38.6 Å². The Morgan fingerprint density at radius 2 is 2.08 bits per heavy atom. The van der Waals surface area contributed by atoms with Gasteiger partial charge < -0.3 is 9.47 Å². The monoisotopic (exact) mass is 333 g/mol. The maximum Gasteiger partial charge on any atom is 0.0534 e. The van der Waals surface area contributed by atoms with Crippen molar-refractivity contribution in [1.82, 2.24) is 14.7 Å². The van der Waals surface area contributed by atoms with Crippen LogP contribution in [0.4, 0.5) is 0 Å². The molecule has 2 saturated heterocycles. The Morgan fingerprint density at radius 3 is 2.79 bits per heavy atom. The molecule has 2 aliphatic heterocycles. The molecule has 1 atom stereocenters. The second-order valence-electron chi connectivity index (χ2n) is 8.16. The van der Waals surface area contributed by atoms with Crippen LogP contribution in [0.25, 0.3) is 0 Å². The van der Waals surface area contributed by atoms with Gasteiger partial charge >= 0.3 is 0 Å². The van der Waals surface area contributed by atoms with Crippen molar-refractivity contribution in [3.63, 3.8) is 0 Å². The van der Waals surface area contributed by atoms with Crippen LogP contribution in [0.1, 0.15) is 37.7 Å². The molecule has 0 aromatic carbocycles. The predicted molar refractivity (Wildman–Crippen MR) is 92.6 cm³/mol. The molecule has 3 heterocycles. The first-order valence-electron chi connectivity index (χ1n) is 9.59. The molecular weight excluding hydrogens is 302 g/mol. The van der Waals surface area contributed by atoms with E-state index in [4.69, 9.17) is 9.47 Å². The number of aromatic nitrogens is 2. The quantitative estimate of drug-likeness (QED) is 0.802. The van der Waals surface area contributed by atoms with Crippen LogP contribution >= 0.6 is 0 Å². The van der Waals surface area contributed by atoms with E-state index in [2.05, 4.69) is 16.2 Å². The van der Waals surface area contributed by atoms with Gasteiger partial charge in [-0.15, -0.1) is 0 Å². The highest BCUT2D eigenvalue weighted by Crippen LogP contribution is 2.45. The van der Waals surface area contributed by atoms with Gasteiger partial charge in [0, 0.05) is 44.5 Å². The van der Waals surface area contributed by atoms with Gasteiger partial charge in [-0.3, -0.25) is 9.58 Å². The maximum absolute atomic E-state index is 6.05. The Bertz CT molecular complexity index is 532. The van der Waals surface area contributed by atoms with Gasteiger partial charge in [0.15, 0.2) is 0 Å². The summed E-state index contributed by atoms with van der Waals surface area (Å²) >= 11 is 0. The summed E-state index contributed by atoms with van der Waals surface area (Å²) in [5.74, 6) is 1.44. The number of nitrogens with zero attached hydrogens (tertiary/aromatic N) is 3. The summed E-state index contributed by atoms with van der Waals surface area (Å²) in [6.45, 7) is 7.11. The van der Waals surface area contributed by atoms with E-state index in [0.717, 1.165) is 38.9 Å². The van der Waals surface area contributed by atoms with Crippen molar-refractivity contribution in [3.05, 3.63) is 18.0 Å². The van der Waals surface area contributed by atoms with Crippen molar-refractivity contribution in [2.75, 3.05) is 39.5 Å². The highest BCUT2D eigenvalue weighted by atomic mass is 16.5. The number of hydrogen-bond donors (Lipinski definition) is 0. The second kappa shape index (κ2) is 7.14. The van der Waals surface area contributed by atoms with E-state index in [9.17, 15) is 0 Å². The van der Waals surface area contributed by atoms with Crippen LogP contribution in [0.15, 0.2) is 12.4 Å². The van der Waals surface area contributed by atoms with E-state index in [1.807, 2.05) is 17.9 Å². The Balaban J connectivity index is 1.30. The van der Waals surface area contributed by atoms with E-state index in [0.29, 0.717) is 11.3 Å². The van der Waals surface area contributed by atoms with E-state index in [1.54, 1.807) is 0 Å². The third-order valence-corrected chi connectivity index (χ3v) is 6.32. The van der Waals surface area contributed by atoms with Crippen LogP contribution in [-0.2, 0) is 23.1 Å². The third-order valence-electron chi connectivity index (χ3n) is 6.32. The molecule has 0 amide bonds. The molecule has 134 valence electrons. The zero-order valence-electron chi connectivity index (χ0n) is 15.0. The van der Waals surface area contributed by atoms with E-state index < -0.39 is 0 Å². The topological polar surface area (TPSA) is 39.5 Å². The summed E-state index contributed by atoms with van der Waals surface area (Å²) in [6, 6.07) is 0. The van der Waals surface area contributed by atoms with Crippen molar-refractivity contribution in [3.8, 4) is 0 Å². The Kier molecular flexibility index (Phi) is 4.93. The lowest BCUT2D eigenvalue weighted by atomic mass is 9.66. The lowest BCUT2D eigenvalue weighted by Crippen LogP contribution is -2.49. The van der Waals surface area contributed by atoms with Crippen molar-refractivity contribution < 1.29 is 9.47 Å². The summed E-state index contributed by atoms with van der Waals surface area (Å²) in [5.41, 5.74) is 1.78. The summed E-state index contributed by atoms with van der Waals surface area (Å²) in [7, 11) is 1.99. The van der Waals surface area contributed by atoms with Crippen LogP contribution in [0.2, 0.25) is 0 Å². The molecule has 3 aliphatic rings. The number of rotatable bonds is 6. The SMILES string of the molecule is Cn1cc(CN2CCC3(CCOC[C@@H]3COCC3CC3)CC2)cn1. The summed E-state index contributed by atoms with van der Waals surface area (Å²) in [6.07, 6.45) is 10.7. The van der Waals surface area contributed by atoms with Gasteiger partial charge in [-0.05, 0) is 56.5 Å². The smallest absolute Gasteiger partial charge is 0.0534 e. The first kappa shape index (κ1) is 16.6. The van der Waals surface area contributed by atoms with Gasteiger partial charge in [-0.25, -0.2) is 0 Å². The predicted octanol–water partition coefficient (Wildman–Crippen LogP) is 2.47. The Morgan fingerprint density at radius 1 is 1.25 bits per heavy atom. The highest BCUT2D eigenvalue weighted by molar-refractivity contribution is 5.04. The number of hydrogen-bond acceptors (Lipinski definition) is 4. The largest absolute Gasteiger partial charge is 0.381 e. The summed E-state index contributed by atoms with van der Waals surface area (Å²) < 4.78 is 13.7. The van der Waals surface area contributed by atoms with Crippen LogP contribution in [0, 0.1) is 17.3 Å². The van der Waals surface area contributed by atoms with Gasteiger partial charge in [-0.2, -0.15) is 5.10 Å². The van der Waals surface area contributed by atoms with E-state index >= 15 is 0 Å². The third kappa shape index (κ3) is 3.84. The van der Waals surface area contributed by atoms with Crippen LogP contribution < -0.4 is 0 Å². The zero-order valence-corrected chi connectivity index (χ0v) is 15.0. The summed E-state index contributed by atoms with van der Waals surface area (Å²) in [5, 5.41) is 4.29. The van der Waals surface area contributed by atoms with Crippen molar-refractivity contribution in [2.24, 2.45) is 24.3 Å². The molecule has 3 fully saturated rings. The number of ether oxygens (including phenoxy) is 2. The summed E-state index contributed by atoms with van der Waals surface area (Å²) in [4.78, 5) is 2.58. The Hall–Kier alpha value is -0.910. The molecule has 1 saturated carbocycles. The van der Waals surface area contributed by atoms with Gasteiger partial charge in [0.05, 0.1) is 19.4 Å². The van der Waals surface area contributed by atoms with Crippen molar-refractivity contribution >= 4 is 0 Å². The lowest BCUT2D eigenvalue weighted by molar-refractivity contribution is -0.101. The fraction of sp³-hybridized carbons (Fsp3) is 0.842. The fourth-order valence-corrected chi connectivity index (χ4v) is 4.39. The normalized spacial score (nSPS) is 27.6. The molecule has 1 aliphatic carbocycles. The lowest BCUT2D eigenvalue weighted by Gasteiger charge is -2.49. The van der Waals surface area contributed by atoms with Crippen LogP contribution in [0.3, 0.4) is 0 Å². The molecule has 1 aromatic heterocycles. The minimum Gasteiger partial charge on any atom is -0.381 e. The first-order valence-corrected chi connectivity index (χ1v) is 9.59. The molecule has 1 aromatic rings. The molecule has 5 nitrogen and oxygen atoms in total. The zero-order chi connectivity index (χ0) is 16.4. The van der Waals surface area contributed by atoms with E-state index in [-0.39, 0.29) is 0 Å². The van der Waals surface area contributed by atoms with Gasteiger partial charge in [-0.1, -0.05) is 0 Å². The van der Waals surface area contributed by atoms with Gasteiger partial charge in [0.1, 0.15) is 0 Å². The number of likely N-dealkylation sites (tertiary alicyclic amines) is 1. The fourth-order valence-electron chi connectivity index (χ4n) is 4.39. The molecule has 0 N–H and O–H groups in total. The first-order chi connectivity index (χ1) is 11.7. The van der Waals surface area contributed by atoms with Crippen molar-refractivity contribution in [1.29, 1.82) is 0 Å². The standard InChI is InChI=1S/C19H31N3O2/c1-21-11-17(10-20-21)12-22-7-4-19(5-8-22)6-9-23-14-18(19)15-24-13-16-2-3-16/h10-11,16,18H,2-9,12-15H2,1H3/t18-/m1/s1. The number of aryl methyl sites for hydroxylation is 1. The Labute approximate surface area is 145 Å². The van der Waals surface area contributed by atoms with Crippen LogP contribution in [-0.4, -0.2) is 54.2 Å². The maximum atomic E-state index is 6.05. The number of piperidine rings is 1. The molecule has 4 rings (SSSR count). The van der Waals surface area contributed by atoms with Gasteiger partial charge in [0.25, 0.3) is 0 Å². The highest BCUT2D eigenvalue weighted by Gasteiger charge is 2.43. The average molecular weight is 333 g/mol. The van der Waals surface area contributed by atoms with Crippen LogP contribution in [0.5, 0.6) is 0 Å². The molecule has 0 radical (unpaired) electrons. The van der Waals surface area contributed by atoms with E-state index in [1.165, 1.54) is 50.8 Å². The minimum absolute atomic E-state index is 0.452. The second-order valence-corrected chi connectivity index (χ2v) is 8.16. The molecule has 0 bridgehead atoms.